The highest BCUT2D eigenvalue weighted by Crippen LogP contribution is 2.18. The van der Waals surface area contributed by atoms with Gasteiger partial charge in [0.2, 0.25) is 0 Å². The minimum Gasteiger partial charge on any atom is -0.497 e. The second-order valence-corrected chi connectivity index (χ2v) is 3.64. The smallest absolute Gasteiger partial charge is 0.397 e. The Hall–Kier alpha value is -2.44. The normalized spacial score (nSPS) is 10.3. The number of hydrogen-bond acceptors (Lipinski definition) is 6. The molecular formula is C12H11FN2O4. The number of halogens is 1. The molecule has 0 saturated carbocycles. The fraction of sp³-hybridized carbons (Fsp3) is 0.250. The highest BCUT2D eigenvalue weighted by Gasteiger charge is 2.16. The molecule has 6 nitrogen and oxygen atoms in total. The number of benzene rings is 1. The minimum atomic E-state index is -0.732. The molecule has 0 amide bonds. The van der Waals surface area contributed by atoms with Crippen molar-refractivity contribution < 1.29 is 23.2 Å². The Morgan fingerprint density at radius 2 is 2.21 bits per heavy atom. The molecule has 0 aliphatic rings. The van der Waals surface area contributed by atoms with Gasteiger partial charge in [0.25, 0.3) is 0 Å². The van der Waals surface area contributed by atoms with Crippen molar-refractivity contribution in [2.24, 2.45) is 0 Å². The number of nitrogens with zero attached hydrogens (tertiary/aromatic N) is 2. The number of methoxy groups -OCH3 is 2. The van der Waals surface area contributed by atoms with E-state index in [2.05, 4.69) is 14.9 Å². The average molecular weight is 266 g/mol. The first-order valence-electron chi connectivity index (χ1n) is 5.37. The van der Waals surface area contributed by atoms with Crippen molar-refractivity contribution >= 4 is 5.97 Å². The second kappa shape index (κ2) is 5.47. The molecule has 0 saturated heterocycles. The summed E-state index contributed by atoms with van der Waals surface area (Å²) in [5.41, 5.74) is 0.344. The number of hydrogen-bond donors (Lipinski definition) is 0. The Labute approximate surface area is 108 Å². The Balaban J connectivity index is 2.21. The maximum Gasteiger partial charge on any atom is 0.397 e. The van der Waals surface area contributed by atoms with Gasteiger partial charge in [0.05, 0.1) is 14.2 Å². The van der Waals surface area contributed by atoms with E-state index in [0.29, 0.717) is 11.3 Å². The molecule has 2 aromatic rings. The number of carbonyl (C=O) groups is 1. The second-order valence-electron chi connectivity index (χ2n) is 3.64. The summed E-state index contributed by atoms with van der Waals surface area (Å²) < 4.78 is 27.7. The highest BCUT2D eigenvalue weighted by molar-refractivity contribution is 5.83. The van der Waals surface area contributed by atoms with E-state index in [4.69, 9.17) is 9.26 Å². The van der Waals surface area contributed by atoms with E-state index in [1.165, 1.54) is 32.4 Å². The zero-order valence-electron chi connectivity index (χ0n) is 10.3. The van der Waals surface area contributed by atoms with Gasteiger partial charge in [-0.25, -0.2) is 9.18 Å². The molecule has 0 fully saturated rings. The van der Waals surface area contributed by atoms with Crippen molar-refractivity contribution in [1.29, 1.82) is 0 Å². The first-order valence-corrected chi connectivity index (χ1v) is 5.37. The van der Waals surface area contributed by atoms with Gasteiger partial charge in [-0.3, -0.25) is 0 Å². The van der Waals surface area contributed by atoms with E-state index in [1.807, 2.05) is 0 Å². The van der Waals surface area contributed by atoms with Crippen molar-refractivity contribution in [3.8, 4) is 5.75 Å². The lowest BCUT2D eigenvalue weighted by Crippen LogP contribution is -2.02. The van der Waals surface area contributed by atoms with Gasteiger partial charge in [0.15, 0.2) is 5.82 Å². The van der Waals surface area contributed by atoms with E-state index in [-0.39, 0.29) is 18.1 Å². The lowest BCUT2D eigenvalue weighted by atomic mass is 10.1. The zero-order chi connectivity index (χ0) is 13.8. The summed E-state index contributed by atoms with van der Waals surface area (Å²) in [5.74, 6) is -0.698. The van der Waals surface area contributed by atoms with Crippen LogP contribution in [0, 0.1) is 5.82 Å². The van der Waals surface area contributed by atoms with Crippen molar-refractivity contribution in [2.75, 3.05) is 14.2 Å². The third kappa shape index (κ3) is 2.87. The van der Waals surface area contributed by atoms with Gasteiger partial charge in [0, 0.05) is 6.42 Å². The highest BCUT2D eigenvalue weighted by atomic mass is 19.1. The molecule has 0 N–H and O–H groups in total. The van der Waals surface area contributed by atoms with Crippen LogP contribution in [0.25, 0.3) is 0 Å². The van der Waals surface area contributed by atoms with Crippen LogP contribution in [0.5, 0.6) is 5.75 Å². The van der Waals surface area contributed by atoms with E-state index in [9.17, 15) is 9.18 Å². The molecule has 0 unspecified atom stereocenters. The summed E-state index contributed by atoms with van der Waals surface area (Å²) in [7, 11) is 2.69. The molecule has 7 heteroatoms. The van der Waals surface area contributed by atoms with Crippen molar-refractivity contribution in [3.05, 3.63) is 41.3 Å². The Kier molecular flexibility index (Phi) is 3.74. The number of esters is 1. The summed E-state index contributed by atoms with van der Waals surface area (Å²) in [4.78, 5) is 14.9. The number of carbonyl (C=O) groups excluding carboxylic acids is 1. The predicted octanol–water partition coefficient (Wildman–Crippen LogP) is 1.59. The van der Waals surface area contributed by atoms with Crippen LogP contribution in [-0.4, -0.2) is 30.3 Å². The van der Waals surface area contributed by atoms with Crippen LogP contribution in [0.1, 0.15) is 22.1 Å². The molecule has 0 aliphatic heterocycles. The lowest BCUT2D eigenvalue weighted by molar-refractivity contribution is 0.0545. The third-order valence-electron chi connectivity index (χ3n) is 2.43. The van der Waals surface area contributed by atoms with Gasteiger partial charge in [0.1, 0.15) is 11.6 Å². The Bertz CT molecular complexity index is 597. The first kappa shape index (κ1) is 13.0. The van der Waals surface area contributed by atoms with Crippen LogP contribution in [-0.2, 0) is 11.2 Å². The van der Waals surface area contributed by atoms with Crippen LogP contribution >= 0.6 is 0 Å². The van der Waals surface area contributed by atoms with E-state index < -0.39 is 11.8 Å². The molecule has 0 atom stereocenters. The fourth-order valence-electron chi connectivity index (χ4n) is 1.48. The molecule has 19 heavy (non-hydrogen) atoms. The Morgan fingerprint density at radius 1 is 1.42 bits per heavy atom. The number of rotatable bonds is 4. The molecule has 2 rings (SSSR count). The quantitative estimate of drug-likeness (QED) is 0.782. The Morgan fingerprint density at radius 3 is 2.89 bits per heavy atom. The molecule has 0 aliphatic carbocycles. The van der Waals surface area contributed by atoms with E-state index in [0.717, 1.165) is 0 Å². The first-order chi connectivity index (χ1) is 9.13. The summed E-state index contributed by atoms with van der Waals surface area (Å²) in [6, 6.07) is 4.33. The van der Waals surface area contributed by atoms with Gasteiger partial charge in [-0.15, -0.1) is 0 Å². The maximum absolute atomic E-state index is 13.6. The van der Waals surface area contributed by atoms with Gasteiger partial charge >= 0.3 is 11.9 Å². The van der Waals surface area contributed by atoms with Gasteiger partial charge in [-0.05, 0) is 23.8 Å². The largest absolute Gasteiger partial charge is 0.497 e. The maximum atomic E-state index is 13.6. The van der Waals surface area contributed by atoms with Crippen LogP contribution in [0.15, 0.2) is 22.7 Å². The monoisotopic (exact) mass is 266 g/mol. The molecular weight excluding hydrogens is 255 g/mol. The standard InChI is InChI=1S/C12H11FN2O4/c1-17-8-3-4-9(13)7(5-8)6-10-14-11(19-15-10)12(16)18-2/h3-5H,6H2,1-2H3. The fourth-order valence-corrected chi connectivity index (χ4v) is 1.48. The predicted molar refractivity (Wildman–Crippen MR) is 61.4 cm³/mol. The van der Waals surface area contributed by atoms with Gasteiger partial charge < -0.3 is 14.0 Å². The molecule has 100 valence electrons. The molecule has 1 aromatic carbocycles. The van der Waals surface area contributed by atoms with Crippen LogP contribution in [0.2, 0.25) is 0 Å². The van der Waals surface area contributed by atoms with Crippen LogP contribution < -0.4 is 4.74 Å². The van der Waals surface area contributed by atoms with Gasteiger partial charge in [-0.2, -0.15) is 4.98 Å². The third-order valence-corrected chi connectivity index (χ3v) is 2.43. The summed E-state index contributed by atoms with van der Waals surface area (Å²) in [6.45, 7) is 0. The van der Waals surface area contributed by atoms with Crippen LogP contribution in [0.4, 0.5) is 4.39 Å². The van der Waals surface area contributed by atoms with Crippen molar-refractivity contribution in [3.63, 3.8) is 0 Å². The molecule has 0 spiro atoms. The SMILES string of the molecule is COC(=O)c1nc(Cc2cc(OC)ccc2F)no1. The van der Waals surface area contributed by atoms with E-state index >= 15 is 0 Å². The molecule has 1 heterocycles. The molecule has 0 bridgehead atoms. The number of ether oxygens (including phenoxy) is 2. The van der Waals surface area contributed by atoms with E-state index in [1.54, 1.807) is 0 Å². The molecule has 0 radical (unpaired) electrons. The summed E-state index contributed by atoms with van der Waals surface area (Å²) in [6.07, 6.45) is 0.0868. The summed E-state index contributed by atoms with van der Waals surface area (Å²) >= 11 is 0. The average Bonchev–Trinajstić information content (AvgIpc) is 2.89. The van der Waals surface area contributed by atoms with Gasteiger partial charge in [-0.1, -0.05) is 5.16 Å². The summed E-state index contributed by atoms with van der Waals surface area (Å²) in [5, 5.41) is 3.58. The number of aromatic nitrogens is 2. The lowest BCUT2D eigenvalue weighted by Gasteiger charge is -2.03. The molecule has 1 aromatic heterocycles. The zero-order valence-corrected chi connectivity index (χ0v) is 10.3. The van der Waals surface area contributed by atoms with Crippen LogP contribution in [0.3, 0.4) is 0 Å². The minimum absolute atomic E-state index is 0.0868. The topological polar surface area (TPSA) is 74.5 Å². The van der Waals surface area contributed by atoms with Crippen molar-refractivity contribution in [1.82, 2.24) is 10.1 Å². The van der Waals surface area contributed by atoms with Crippen molar-refractivity contribution in [2.45, 2.75) is 6.42 Å².